The van der Waals surface area contributed by atoms with Crippen molar-refractivity contribution < 1.29 is 27.8 Å². The average molecular weight is 446 g/mol. The average Bonchev–Trinajstić information content (AvgIpc) is 3.42. The maximum Gasteiger partial charge on any atom is 0.414 e. The Kier molecular flexibility index (Phi) is 6.10. The van der Waals surface area contributed by atoms with Crippen molar-refractivity contribution in [2.24, 2.45) is 5.10 Å². The van der Waals surface area contributed by atoms with E-state index in [1.165, 1.54) is 36.5 Å². The van der Waals surface area contributed by atoms with Crippen LogP contribution in [0.25, 0.3) is 0 Å². The number of amides is 3. The number of ether oxygens (including phenoxy) is 2. The lowest BCUT2D eigenvalue weighted by Crippen LogP contribution is -2.40. The van der Waals surface area contributed by atoms with E-state index in [-0.39, 0.29) is 30.6 Å². The number of hydrogen-bond donors (Lipinski definition) is 1. The highest BCUT2D eigenvalue weighted by Gasteiger charge is 2.36. The predicted molar refractivity (Wildman–Crippen MR) is 107 cm³/mol. The Hall–Kier alpha value is -3.83. The molecule has 0 saturated carbocycles. The van der Waals surface area contributed by atoms with Crippen molar-refractivity contribution in [2.45, 2.75) is 25.0 Å². The molecule has 3 heterocycles. The lowest BCUT2D eigenvalue weighted by atomic mass is 10.0. The quantitative estimate of drug-likeness (QED) is 0.773. The maximum atomic E-state index is 13.6. The summed E-state index contributed by atoms with van der Waals surface area (Å²) in [5, 5.41) is 7.63. The Balaban J connectivity index is 1.39. The van der Waals surface area contributed by atoms with Crippen LogP contribution in [-0.4, -0.2) is 64.5 Å². The number of aromatic nitrogens is 2. The molecule has 2 aliphatic rings. The van der Waals surface area contributed by atoms with Gasteiger partial charge in [0.2, 0.25) is 5.88 Å². The van der Waals surface area contributed by atoms with Gasteiger partial charge in [-0.2, -0.15) is 10.1 Å². The highest BCUT2D eigenvalue weighted by molar-refractivity contribution is 5.78. The lowest BCUT2D eigenvalue weighted by molar-refractivity contribution is 0.141. The molecule has 2 aromatic rings. The van der Waals surface area contributed by atoms with Crippen LogP contribution < -0.4 is 14.8 Å². The number of benzene rings is 1. The normalized spacial score (nSPS) is 19.8. The summed E-state index contributed by atoms with van der Waals surface area (Å²) in [6.45, 7) is 0.678. The summed E-state index contributed by atoms with van der Waals surface area (Å²) >= 11 is 0. The fraction of sp³-hybridized carbons (Fsp3) is 0.350. The van der Waals surface area contributed by atoms with Crippen molar-refractivity contribution in [1.82, 2.24) is 25.2 Å². The topological polar surface area (TPSA) is 109 Å². The van der Waals surface area contributed by atoms with Crippen LogP contribution in [-0.2, 0) is 0 Å². The molecule has 2 aliphatic heterocycles. The van der Waals surface area contributed by atoms with E-state index in [4.69, 9.17) is 9.47 Å². The summed E-state index contributed by atoms with van der Waals surface area (Å²) in [6.07, 6.45) is 2.78. The van der Waals surface area contributed by atoms with Crippen molar-refractivity contribution in [3.63, 3.8) is 0 Å². The van der Waals surface area contributed by atoms with Gasteiger partial charge in [-0.25, -0.2) is 28.4 Å². The van der Waals surface area contributed by atoms with Gasteiger partial charge >= 0.3 is 18.1 Å². The smallest absolute Gasteiger partial charge is 0.414 e. The van der Waals surface area contributed by atoms with Crippen molar-refractivity contribution >= 4 is 18.3 Å². The minimum Gasteiger partial charge on any atom is -0.472 e. The van der Waals surface area contributed by atoms with Gasteiger partial charge in [0.05, 0.1) is 12.6 Å². The van der Waals surface area contributed by atoms with E-state index < -0.39 is 23.8 Å². The van der Waals surface area contributed by atoms with Crippen molar-refractivity contribution in [2.75, 3.05) is 20.1 Å². The number of hydrogen-bond acceptors (Lipinski definition) is 7. The molecule has 3 amide bonds. The second-order valence-corrected chi connectivity index (χ2v) is 7.17. The second kappa shape index (κ2) is 9.12. The first-order chi connectivity index (χ1) is 15.4. The molecule has 0 unspecified atom stereocenters. The van der Waals surface area contributed by atoms with Gasteiger partial charge in [0.25, 0.3) is 0 Å². The summed E-state index contributed by atoms with van der Waals surface area (Å²) in [7, 11) is 1.41. The number of rotatable bonds is 4. The summed E-state index contributed by atoms with van der Waals surface area (Å²) in [4.78, 5) is 33.7. The van der Waals surface area contributed by atoms with E-state index in [0.717, 1.165) is 6.07 Å². The largest absolute Gasteiger partial charge is 0.472 e. The molecule has 10 nitrogen and oxygen atoms in total. The number of hydrazone groups is 1. The maximum absolute atomic E-state index is 13.6. The molecule has 1 aromatic carbocycles. The monoisotopic (exact) mass is 446 g/mol. The molecule has 32 heavy (non-hydrogen) atoms. The van der Waals surface area contributed by atoms with Crippen LogP contribution >= 0.6 is 0 Å². The van der Waals surface area contributed by atoms with Crippen LogP contribution in [0, 0.1) is 11.6 Å². The first-order valence-corrected chi connectivity index (χ1v) is 9.89. The Morgan fingerprint density at radius 2 is 2.00 bits per heavy atom. The fourth-order valence-corrected chi connectivity index (χ4v) is 3.53. The number of urea groups is 1. The molecule has 0 bridgehead atoms. The molecule has 168 valence electrons. The Labute approximate surface area is 181 Å². The minimum absolute atomic E-state index is 0.163. The molecule has 12 heteroatoms. The molecule has 0 aliphatic carbocycles. The Morgan fingerprint density at radius 1 is 1.22 bits per heavy atom. The zero-order valence-corrected chi connectivity index (χ0v) is 17.1. The zero-order chi connectivity index (χ0) is 22.7. The van der Waals surface area contributed by atoms with Gasteiger partial charge < -0.3 is 19.7 Å². The van der Waals surface area contributed by atoms with Crippen LogP contribution in [0.2, 0.25) is 0 Å². The third kappa shape index (κ3) is 4.74. The van der Waals surface area contributed by atoms with Crippen LogP contribution in [0.1, 0.15) is 24.4 Å². The minimum atomic E-state index is -0.710. The highest BCUT2D eigenvalue weighted by atomic mass is 19.1. The zero-order valence-electron chi connectivity index (χ0n) is 17.1. The number of carbonyl (C=O) groups excluding carboxylic acids is 2. The van der Waals surface area contributed by atoms with E-state index in [1.54, 1.807) is 11.1 Å². The van der Waals surface area contributed by atoms with Crippen molar-refractivity contribution in [3.8, 4) is 11.9 Å². The van der Waals surface area contributed by atoms with E-state index >= 15 is 0 Å². The SMILES string of the molecule is CNC(=O)Oc1nccc(O[C@@H]2CCN(C(=O)N3N=CC[C@H]3c3cc(F)cc(F)c3)C2)n1. The number of nitrogens with one attached hydrogen (secondary N) is 1. The lowest BCUT2D eigenvalue weighted by Gasteiger charge is -2.27. The third-order valence-corrected chi connectivity index (χ3v) is 4.99. The van der Waals surface area contributed by atoms with Crippen molar-refractivity contribution in [1.29, 1.82) is 0 Å². The molecular weight excluding hydrogens is 426 g/mol. The molecular formula is C20H20F2N6O4. The third-order valence-electron chi connectivity index (χ3n) is 4.99. The van der Waals surface area contributed by atoms with Crippen LogP contribution in [0.3, 0.4) is 0 Å². The van der Waals surface area contributed by atoms with Gasteiger partial charge in [0.15, 0.2) is 0 Å². The molecule has 1 saturated heterocycles. The first-order valence-electron chi connectivity index (χ1n) is 9.89. The predicted octanol–water partition coefficient (Wildman–Crippen LogP) is 2.48. The van der Waals surface area contributed by atoms with Gasteiger partial charge in [-0.15, -0.1) is 0 Å². The molecule has 0 radical (unpaired) electrons. The van der Waals surface area contributed by atoms with Gasteiger partial charge in [-0.1, -0.05) is 0 Å². The van der Waals surface area contributed by atoms with E-state index in [2.05, 4.69) is 20.4 Å². The standard InChI is InChI=1S/C20H20F2N6O4/c1-23-19(29)32-18-24-5-3-17(26-18)31-15-4-7-27(11-15)20(30)28-16(2-6-25-28)12-8-13(21)10-14(22)9-12/h3,5-6,8-10,15-16H,2,4,7,11H2,1H3,(H,23,29)/t15-,16+/m1/s1. The number of carbonyl (C=O) groups is 2. The van der Waals surface area contributed by atoms with E-state index in [0.29, 0.717) is 24.9 Å². The van der Waals surface area contributed by atoms with Gasteiger partial charge in [0, 0.05) is 51.0 Å². The van der Waals surface area contributed by atoms with Crippen molar-refractivity contribution in [3.05, 3.63) is 47.7 Å². The molecule has 0 spiro atoms. The number of likely N-dealkylation sites (tertiary alicyclic amines) is 1. The van der Waals surface area contributed by atoms with E-state index in [9.17, 15) is 18.4 Å². The molecule has 2 atom stereocenters. The molecule has 1 fully saturated rings. The van der Waals surface area contributed by atoms with E-state index in [1.807, 2.05) is 0 Å². The van der Waals surface area contributed by atoms with Gasteiger partial charge in [-0.3, -0.25) is 0 Å². The summed E-state index contributed by atoms with van der Waals surface area (Å²) in [5.41, 5.74) is 0.338. The van der Waals surface area contributed by atoms with Crippen LogP contribution in [0.15, 0.2) is 35.6 Å². The summed E-state index contributed by atoms with van der Waals surface area (Å²) in [5.74, 6) is -1.22. The molecule has 4 rings (SSSR count). The summed E-state index contributed by atoms with van der Waals surface area (Å²) in [6, 6.07) is 3.57. The molecule has 1 aromatic heterocycles. The number of halogens is 2. The first kappa shape index (κ1) is 21.4. The highest BCUT2D eigenvalue weighted by Crippen LogP contribution is 2.31. The van der Waals surface area contributed by atoms with Gasteiger partial charge in [-0.05, 0) is 17.7 Å². The summed E-state index contributed by atoms with van der Waals surface area (Å²) < 4.78 is 37.9. The second-order valence-electron chi connectivity index (χ2n) is 7.17. The Bertz CT molecular complexity index is 1030. The van der Waals surface area contributed by atoms with Crippen LogP contribution in [0.5, 0.6) is 11.9 Å². The fourth-order valence-electron chi connectivity index (χ4n) is 3.53. The Morgan fingerprint density at radius 3 is 2.75 bits per heavy atom. The number of nitrogens with zero attached hydrogens (tertiary/aromatic N) is 5. The van der Waals surface area contributed by atoms with Gasteiger partial charge in [0.1, 0.15) is 17.7 Å². The van der Waals surface area contributed by atoms with Crippen LogP contribution in [0.4, 0.5) is 18.4 Å². The molecule has 1 N–H and O–H groups in total.